The predicted octanol–water partition coefficient (Wildman–Crippen LogP) is 2.84. The highest BCUT2D eigenvalue weighted by Crippen LogP contribution is 2.33. The second-order valence-corrected chi connectivity index (χ2v) is 9.10. The fourth-order valence-corrected chi connectivity index (χ4v) is 5.58. The van der Waals surface area contributed by atoms with E-state index in [1.165, 1.54) is 16.9 Å². The fraction of sp³-hybridized carbons (Fsp3) is 0.400. The van der Waals surface area contributed by atoms with E-state index in [9.17, 15) is 13.2 Å². The van der Waals surface area contributed by atoms with Crippen LogP contribution in [0.1, 0.15) is 30.9 Å². The van der Waals surface area contributed by atoms with E-state index in [0.717, 1.165) is 19.4 Å². The van der Waals surface area contributed by atoms with Crippen LogP contribution in [0, 0.1) is 0 Å². The van der Waals surface area contributed by atoms with Gasteiger partial charge in [0.15, 0.2) is 0 Å². The SMILES string of the molecule is O=C(CCNS(=O)(=O)c1cccs1)N1CCC[C@H]1c1ccsc1. The summed E-state index contributed by atoms with van der Waals surface area (Å²) in [6.45, 7) is 0.878. The monoisotopic (exact) mass is 370 g/mol. The number of carbonyl (C=O) groups excluding carboxylic acids is 1. The molecular weight excluding hydrogens is 352 g/mol. The number of nitrogens with one attached hydrogen (secondary N) is 1. The van der Waals surface area contributed by atoms with Crippen LogP contribution in [0.4, 0.5) is 0 Å². The van der Waals surface area contributed by atoms with E-state index in [-0.39, 0.29) is 29.1 Å². The molecule has 2 aromatic rings. The molecule has 0 bridgehead atoms. The van der Waals surface area contributed by atoms with Crippen molar-refractivity contribution < 1.29 is 13.2 Å². The molecule has 1 aliphatic heterocycles. The number of amides is 1. The van der Waals surface area contributed by atoms with Crippen molar-refractivity contribution in [1.29, 1.82) is 0 Å². The molecule has 8 heteroatoms. The number of carbonyl (C=O) groups is 1. The summed E-state index contributed by atoms with van der Waals surface area (Å²) in [7, 11) is -3.49. The van der Waals surface area contributed by atoms with E-state index < -0.39 is 10.0 Å². The molecule has 1 fully saturated rings. The lowest BCUT2D eigenvalue weighted by Gasteiger charge is -2.24. The zero-order chi connectivity index (χ0) is 16.3. The van der Waals surface area contributed by atoms with E-state index in [2.05, 4.69) is 16.2 Å². The molecule has 0 radical (unpaired) electrons. The molecule has 1 atom stereocenters. The Morgan fingerprint density at radius 2 is 2.22 bits per heavy atom. The van der Waals surface area contributed by atoms with Gasteiger partial charge in [-0.15, -0.1) is 11.3 Å². The Hall–Kier alpha value is -1.22. The number of sulfonamides is 1. The summed E-state index contributed by atoms with van der Waals surface area (Å²) < 4.78 is 26.8. The molecule has 0 aliphatic carbocycles. The van der Waals surface area contributed by atoms with Gasteiger partial charge < -0.3 is 4.90 Å². The summed E-state index contributed by atoms with van der Waals surface area (Å²) >= 11 is 2.80. The van der Waals surface area contributed by atoms with Gasteiger partial charge in [0.05, 0.1) is 6.04 Å². The molecular formula is C15H18N2O3S3. The van der Waals surface area contributed by atoms with Gasteiger partial charge in [-0.3, -0.25) is 4.79 Å². The molecule has 0 unspecified atom stereocenters. The van der Waals surface area contributed by atoms with Crippen LogP contribution in [0.15, 0.2) is 38.5 Å². The predicted molar refractivity (Wildman–Crippen MR) is 92.1 cm³/mol. The van der Waals surface area contributed by atoms with Gasteiger partial charge in [-0.1, -0.05) is 6.07 Å². The molecule has 3 rings (SSSR count). The highest BCUT2D eigenvalue weighted by molar-refractivity contribution is 7.91. The lowest BCUT2D eigenvalue weighted by molar-refractivity contribution is -0.131. The van der Waals surface area contributed by atoms with Crippen molar-refractivity contribution in [1.82, 2.24) is 9.62 Å². The molecule has 124 valence electrons. The van der Waals surface area contributed by atoms with Gasteiger partial charge >= 0.3 is 0 Å². The normalized spacial score (nSPS) is 18.4. The number of hydrogen-bond donors (Lipinski definition) is 1. The van der Waals surface area contributed by atoms with Gasteiger partial charge in [0.1, 0.15) is 4.21 Å². The largest absolute Gasteiger partial charge is 0.336 e. The van der Waals surface area contributed by atoms with Crippen LogP contribution in [-0.2, 0) is 14.8 Å². The molecule has 0 saturated carbocycles. The maximum Gasteiger partial charge on any atom is 0.250 e. The van der Waals surface area contributed by atoms with Crippen LogP contribution >= 0.6 is 22.7 Å². The number of likely N-dealkylation sites (tertiary alicyclic amines) is 1. The molecule has 1 aliphatic rings. The minimum absolute atomic E-state index is 0.00702. The summed E-state index contributed by atoms with van der Waals surface area (Å²) in [4.78, 5) is 14.3. The average molecular weight is 371 g/mol. The first kappa shape index (κ1) is 16.6. The Kier molecular flexibility index (Phi) is 5.15. The minimum atomic E-state index is -3.49. The summed E-state index contributed by atoms with van der Waals surface area (Å²) in [5.74, 6) is 0.00702. The Morgan fingerprint density at radius 3 is 2.91 bits per heavy atom. The molecule has 5 nitrogen and oxygen atoms in total. The van der Waals surface area contributed by atoms with Crippen molar-refractivity contribution >= 4 is 38.6 Å². The van der Waals surface area contributed by atoms with Gasteiger partial charge in [-0.05, 0) is 46.7 Å². The summed E-state index contributed by atoms with van der Waals surface area (Å²) in [5, 5.41) is 5.82. The number of hydrogen-bond acceptors (Lipinski definition) is 5. The Labute approximate surface area is 144 Å². The number of rotatable bonds is 6. The highest BCUT2D eigenvalue weighted by atomic mass is 32.2. The third kappa shape index (κ3) is 3.82. The Balaban J connectivity index is 1.55. The number of nitrogens with zero attached hydrogens (tertiary/aromatic N) is 1. The van der Waals surface area contributed by atoms with Crippen molar-refractivity contribution in [2.75, 3.05) is 13.1 Å². The zero-order valence-corrected chi connectivity index (χ0v) is 14.9. The number of thiophene rings is 2. The highest BCUT2D eigenvalue weighted by Gasteiger charge is 2.29. The van der Waals surface area contributed by atoms with Crippen LogP contribution in [-0.4, -0.2) is 32.3 Å². The molecule has 1 amide bonds. The van der Waals surface area contributed by atoms with Crippen LogP contribution in [0.2, 0.25) is 0 Å². The van der Waals surface area contributed by atoms with E-state index >= 15 is 0 Å². The minimum Gasteiger partial charge on any atom is -0.336 e. The maximum atomic E-state index is 12.4. The van der Waals surface area contributed by atoms with Crippen molar-refractivity contribution in [3.05, 3.63) is 39.9 Å². The molecule has 1 saturated heterocycles. The van der Waals surface area contributed by atoms with Gasteiger partial charge in [0.25, 0.3) is 0 Å². The lowest BCUT2D eigenvalue weighted by Crippen LogP contribution is -2.34. The first-order valence-electron chi connectivity index (χ1n) is 7.43. The zero-order valence-electron chi connectivity index (χ0n) is 12.5. The summed E-state index contributed by atoms with van der Waals surface area (Å²) in [6.07, 6.45) is 2.15. The maximum absolute atomic E-state index is 12.4. The molecule has 1 N–H and O–H groups in total. The molecule has 3 heterocycles. The Bertz CT molecular complexity index is 739. The van der Waals surface area contributed by atoms with E-state index in [1.807, 2.05) is 10.3 Å². The van der Waals surface area contributed by atoms with Gasteiger partial charge in [-0.25, -0.2) is 13.1 Å². The lowest BCUT2D eigenvalue weighted by atomic mass is 10.1. The van der Waals surface area contributed by atoms with Gasteiger partial charge in [0.2, 0.25) is 15.9 Å². The van der Waals surface area contributed by atoms with Gasteiger partial charge in [0, 0.05) is 19.5 Å². The standard InChI is InChI=1S/C15H18N2O3S3/c18-14(5-7-16-23(19,20)15-4-2-9-22-15)17-8-1-3-13(17)12-6-10-21-11-12/h2,4,6,9-11,13,16H,1,3,5,7-8H2/t13-/m0/s1. The van der Waals surface area contributed by atoms with E-state index in [4.69, 9.17) is 0 Å². The molecule has 0 spiro atoms. The second-order valence-electron chi connectivity index (χ2n) is 5.38. The van der Waals surface area contributed by atoms with Crippen LogP contribution in [0.3, 0.4) is 0 Å². The molecule has 23 heavy (non-hydrogen) atoms. The van der Waals surface area contributed by atoms with Crippen LogP contribution < -0.4 is 4.72 Å². The third-order valence-electron chi connectivity index (χ3n) is 3.89. The fourth-order valence-electron chi connectivity index (χ4n) is 2.80. The summed E-state index contributed by atoms with van der Waals surface area (Å²) in [6, 6.07) is 5.45. The second kappa shape index (κ2) is 7.12. The quantitative estimate of drug-likeness (QED) is 0.850. The average Bonchev–Trinajstić information content (AvgIpc) is 3.26. The third-order valence-corrected chi connectivity index (χ3v) is 7.45. The first-order valence-corrected chi connectivity index (χ1v) is 10.7. The topological polar surface area (TPSA) is 66.5 Å². The molecule has 0 aromatic carbocycles. The van der Waals surface area contributed by atoms with Crippen molar-refractivity contribution in [2.45, 2.75) is 29.5 Å². The molecule has 2 aromatic heterocycles. The van der Waals surface area contributed by atoms with Crippen molar-refractivity contribution in [3.8, 4) is 0 Å². The first-order chi connectivity index (χ1) is 11.1. The summed E-state index contributed by atoms with van der Waals surface area (Å²) in [5.41, 5.74) is 1.18. The van der Waals surface area contributed by atoms with E-state index in [1.54, 1.807) is 28.8 Å². The smallest absolute Gasteiger partial charge is 0.250 e. The Morgan fingerprint density at radius 1 is 1.35 bits per heavy atom. The van der Waals surface area contributed by atoms with Crippen LogP contribution in [0.5, 0.6) is 0 Å². The van der Waals surface area contributed by atoms with Gasteiger partial charge in [-0.2, -0.15) is 11.3 Å². The van der Waals surface area contributed by atoms with Crippen LogP contribution in [0.25, 0.3) is 0 Å². The van der Waals surface area contributed by atoms with E-state index in [0.29, 0.717) is 0 Å². The van der Waals surface area contributed by atoms with Crippen molar-refractivity contribution in [2.24, 2.45) is 0 Å². The van der Waals surface area contributed by atoms with Crippen molar-refractivity contribution in [3.63, 3.8) is 0 Å².